The van der Waals surface area contributed by atoms with Gasteiger partial charge < -0.3 is 15.1 Å². The summed E-state index contributed by atoms with van der Waals surface area (Å²) in [4.78, 5) is 11.8. The Kier molecular flexibility index (Phi) is 7.86. The molecule has 2 rings (SSSR count). The zero-order valence-electron chi connectivity index (χ0n) is 14.8. The fourth-order valence-corrected chi connectivity index (χ4v) is 2.54. The molecule has 0 fully saturated rings. The Labute approximate surface area is 170 Å². The highest BCUT2D eigenvalue weighted by atomic mass is 127. The van der Waals surface area contributed by atoms with Gasteiger partial charge >= 0.3 is 6.18 Å². The van der Waals surface area contributed by atoms with E-state index < -0.39 is 11.9 Å². The maximum Gasteiger partial charge on any atom is 0.434 e. The van der Waals surface area contributed by atoms with Crippen molar-refractivity contribution in [1.29, 1.82) is 0 Å². The maximum absolute atomic E-state index is 12.5. The molecule has 26 heavy (non-hydrogen) atoms. The lowest BCUT2D eigenvalue weighted by Gasteiger charge is -2.13. The number of guanidine groups is 1. The average Bonchev–Trinajstić information content (AvgIpc) is 3.15. The summed E-state index contributed by atoms with van der Waals surface area (Å²) in [5.41, 5.74) is -1.02. The van der Waals surface area contributed by atoms with Gasteiger partial charge in [-0.1, -0.05) is 20.8 Å². The highest BCUT2D eigenvalue weighted by molar-refractivity contribution is 14.0. The van der Waals surface area contributed by atoms with Gasteiger partial charge in [0.1, 0.15) is 10.8 Å². The summed E-state index contributed by atoms with van der Waals surface area (Å²) in [5, 5.41) is 7.22. The van der Waals surface area contributed by atoms with E-state index in [0.29, 0.717) is 23.4 Å². The van der Waals surface area contributed by atoms with Crippen LogP contribution in [0.15, 0.2) is 21.0 Å². The van der Waals surface area contributed by atoms with Crippen molar-refractivity contribution in [3.8, 4) is 0 Å². The fraction of sp³-hybridized carbons (Fsp3) is 0.533. The Morgan fingerprint density at radius 1 is 1.23 bits per heavy atom. The van der Waals surface area contributed by atoms with Crippen molar-refractivity contribution < 1.29 is 17.6 Å². The number of aromatic nitrogens is 2. The Balaban J connectivity index is 0.00000338. The van der Waals surface area contributed by atoms with Crippen LogP contribution >= 0.6 is 35.3 Å². The topological polar surface area (TPSA) is 75.3 Å². The Hall–Kier alpha value is -1.37. The molecule has 11 heteroatoms. The lowest BCUT2D eigenvalue weighted by Crippen LogP contribution is -2.36. The van der Waals surface area contributed by atoms with Crippen molar-refractivity contribution in [2.75, 3.05) is 7.05 Å². The molecule has 0 saturated carbocycles. The third kappa shape index (κ3) is 6.41. The molecule has 0 bridgehead atoms. The highest BCUT2D eigenvalue weighted by Gasteiger charge is 2.33. The second kappa shape index (κ2) is 9.02. The highest BCUT2D eigenvalue weighted by Crippen LogP contribution is 2.29. The van der Waals surface area contributed by atoms with Crippen LogP contribution in [0, 0.1) is 0 Å². The molecule has 2 heterocycles. The Morgan fingerprint density at radius 3 is 2.38 bits per heavy atom. The Bertz CT molecular complexity index is 678. The summed E-state index contributed by atoms with van der Waals surface area (Å²) in [6.45, 7) is 6.51. The van der Waals surface area contributed by atoms with Crippen LogP contribution in [0.3, 0.4) is 0 Å². The second-order valence-corrected chi connectivity index (χ2v) is 7.21. The molecule has 0 unspecified atom stereocenters. The number of nitrogens with zero attached hydrogens (tertiary/aromatic N) is 3. The monoisotopic (exact) mass is 503 g/mol. The SMILES string of the molecule is CN=C(NCc1ncc(C(C)(C)C)o1)NCc1nc(C(F)(F)F)cs1.I. The van der Waals surface area contributed by atoms with Crippen LogP contribution in [0.4, 0.5) is 13.2 Å². The van der Waals surface area contributed by atoms with E-state index in [1.807, 2.05) is 20.8 Å². The summed E-state index contributed by atoms with van der Waals surface area (Å²) in [7, 11) is 1.56. The summed E-state index contributed by atoms with van der Waals surface area (Å²) in [5.74, 6) is 1.69. The maximum atomic E-state index is 12.5. The van der Waals surface area contributed by atoms with E-state index in [2.05, 4.69) is 25.6 Å². The molecule has 0 radical (unpaired) electrons. The zero-order chi connectivity index (χ0) is 18.7. The van der Waals surface area contributed by atoms with Crippen molar-refractivity contribution in [3.63, 3.8) is 0 Å². The predicted octanol–water partition coefficient (Wildman–Crippen LogP) is 3.93. The predicted molar refractivity (Wildman–Crippen MR) is 105 cm³/mol. The first-order valence-electron chi connectivity index (χ1n) is 7.51. The minimum absolute atomic E-state index is 0. The van der Waals surface area contributed by atoms with Crippen molar-refractivity contribution >= 4 is 41.3 Å². The number of nitrogens with one attached hydrogen (secondary N) is 2. The first-order valence-corrected chi connectivity index (χ1v) is 8.39. The number of oxazole rings is 1. The molecule has 0 aliphatic carbocycles. The third-order valence-corrected chi connectivity index (χ3v) is 4.02. The van der Waals surface area contributed by atoms with Gasteiger partial charge in [0, 0.05) is 17.8 Å². The van der Waals surface area contributed by atoms with Crippen LogP contribution in [0.2, 0.25) is 0 Å². The molecule has 0 amide bonds. The summed E-state index contributed by atoms with van der Waals surface area (Å²) in [6, 6.07) is 0. The largest absolute Gasteiger partial charge is 0.443 e. The second-order valence-electron chi connectivity index (χ2n) is 6.27. The number of rotatable bonds is 4. The molecule has 6 nitrogen and oxygen atoms in total. The number of alkyl halides is 3. The van der Waals surface area contributed by atoms with E-state index in [0.717, 1.165) is 22.5 Å². The summed E-state index contributed by atoms with van der Waals surface area (Å²) < 4.78 is 43.2. The molecule has 2 aromatic heterocycles. The Morgan fingerprint density at radius 2 is 1.88 bits per heavy atom. The number of thiazole rings is 1. The van der Waals surface area contributed by atoms with E-state index >= 15 is 0 Å². The first kappa shape index (κ1) is 22.7. The van der Waals surface area contributed by atoms with Gasteiger partial charge in [-0.2, -0.15) is 13.2 Å². The molecule has 0 atom stereocenters. The number of halogens is 4. The molecule has 146 valence electrons. The lowest BCUT2D eigenvalue weighted by atomic mass is 9.94. The molecule has 0 aliphatic heterocycles. The minimum atomic E-state index is -4.43. The quantitative estimate of drug-likeness (QED) is 0.376. The van der Waals surface area contributed by atoms with Gasteiger partial charge in [0.25, 0.3) is 0 Å². The standard InChI is InChI=1S/C15H20F3N5OS.HI/c1-14(2,3)10-5-20-11(24-10)6-21-13(19-4)22-7-12-23-9(8-25-12)15(16,17)18;/h5,8H,6-7H2,1-4H3,(H2,19,21,22);1H. The fourth-order valence-electron chi connectivity index (χ4n) is 1.80. The molecule has 0 spiro atoms. The molecule has 0 saturated heterocycles. The van der Waals surface area contributed by atoms with E-state index in [1.165, 1.54) is 0 Å². The molecule has 0 aromatic carbocycles. The van der Waals surface area contributed by atoms with Crippen molar-refractivity contribution in [2.24, 2.45) is 4.99 Å². The van der Waals surface area contributed by atoms with Crippen molar-refractivity contribution in [2.45, 2.75) is 45.5 Å². The number of hydrogen-bond acceptors (Lipinski definition) is 5. The number of aliphatic imine (C=N–C) groups is 1. The van der Waals surface area contributed by atoms with Gasteiger partial charge in [-0.3, -0.25) is 4.99 Å². The van der Waals surface area contributed by atoms with Gasteiger partial charge in [0.15, 0.2) is 11.7 Å². The van der Waals surface area contributed by atoms with E-state index in [9.17, 15) is 13.2 Å². The van der Waals surface area contributed by atoms with Crippen LogP contribution in [-0.2, 0) is 24.7 Å². The van der Waals surface area contributed by atoms with Crippen molar-refractivity contribution in [3.05, 3.63) is 33.9 Å². The third-order valence-electron chi connectivity index (χ3n) is 3.17. The van der Waals surface area contributed by atoms with Crippen LogP contribution in [0.25, 0.3) is 0 Å². The minimum Gasteiger partial charge on any atom is -0.443 e. The van der Waals surface area contributed by atoms with Gasteiger partial charge in [-0.25, -0.2) is 9.97 Å². The normalized spacial score (nSPS) is 12.7. The molecule has 2 aromatic rings. The molecule has 2 N–H and O–H groups in total. The van der Waals surface area contributed by atoms with Crippen molar-refractivity contribution in [1.82, 2.24) is 20.6 Å². The summed E-state index contributed by atoms with van der Waals surface area (Å²) >= 11 is 0.942. The first-order chi connectivity index (χ1) is 11.6. The van der Waals surface area contributed by atoms with Gasteiger partial charge in [-0.05, 0) is 0 Å². The van der Waals surface area contributed by atoms with E-state index in [1.54, 1.807) is 13.2 Å². The molecular weight excluding hydrogens is 482 g/mol. The lowest BCUT2D eigenvalue weighted by molar-refractivity contribution is -0.140. The van der Waals surface area contributed by atoms with Crippen LogP contribution in [0.1, 0.15) is 43.1 Å². The summed E-state index contributed by atoms with van der Waals surface area (Å²) in [6.07, 6.45) is -2.74. The van der Waals surface area contributed by atoms with Gasteiger partial charge in [-0.15, -0.1) is 35.3 Å². The number of hydrogen-bond donors (Lipinski definition) is 2. The van der Waals surface area contributed by atoms with Crippen LogP contribution in [0.5, 0.6) is 0 Å². The van der Waals surface area contributed by atoms with E-state index in [4.69, 9.17) is 4.42 Å². The van der Waals surface area contributed by atoms with Gasteiger partial charge in [0.2, 0.25) is 5.89 Å². The molecule has 0 aliphatic rings. The smallest absolute Gasteiger partial charge is 0.434 e. The van der Waals surface area contributed by atoms with E-state index in [-0.39, 0.29) is 35.9 Å². The molecular formula is C15H21F3IN5OS. The zero-order valence-corrected chi connectivity index (χ0v) is 17.9. The van der Waals surface area contributed by atoms with Gasteiger partial charge in [0.05, 0.1) is 19.3 Å². The van der Waals surface area contributed by atoms with Crippen LogP contribution < -0.4 is 10.6 Å². The average molecular weight is 503 g/mol. The van der Waals surface area contributed by atoms with Crippen LogP contribution in [-0.4, -0.2) is 23.0 Å².